The maximum Gasteiger partial charge on any atom is 0.305 e. The van der Waals surface area contributed by atoms with Crippen molar-refractivity contribution in [1.29, 1.82) is 0 Å². The van der Waals surface area contributed by atoms with Crippen LogP contribution in [0.4, 0.5) is 0 Å². The molecule has 0 aromatic rings. The van der Waals surface area contributed by atoms with Crippen molar-refractivity contribution in [3.05, 3.63) is 0 Å². The molecular weight excluding hydrogens is 488 g/mol. The lowest BCUT2D eigenvalue weighted by Gasteiger charge is -2.42. The molecule has 2 rings (SSSR count). The Morgan fingerprint density at radius 1 is 0.842 bits per heavy atom. The number of aliphatic hydroxyl groups excluding tert-OH is 2. The average molecular weight is 543 g/mol. The van der Waals surface area contributed by atoms with Gasteiger partial charge in [-0.15, -0.1) is 0 Å². The summed E-state index contributed by atoms with van der Waals surface area (Å²) in [6.07, 6.45) is 14.9. The van der Waals surface area contributed by atoms with Gasteiger partial charge >= 0.3 is 11.9 Å². The SMILES string of the molecule is CCCCCCCCCCCCCC1CCCCCCCC(=O)OCC2OC(O1)C(O)C(OC(C)=O)C2O. The first kappa shape index (κ1) is 33.0. The molecule has 0 radical (unpaired) electrons. The zero-order valence-corrected chi connectivity index (χ0v) is 24.0. The van der Waals surface area contributed by atoms with Gasteiger partial charge in [0.2, 0.25) is 0 Å². The summed E-state index contributed by atoms with van der Waals surface area (Å²) in [6.45, 7) is 3.29. The Bertz CT molecular complexity index is 642. The van der Waals surface area contributed by atoms with Gasteiger partial charge in [-0.2, -0.15) is 0 Å². The second kappa shape index (κ2) is 19.8. The molecule has 6 unspecified atom stereocenters. The molecule has 8 nitrogen and oxygen atoms in total. The molecule has 0 amide bonds. The van der Waals surface area contributed by atoms with Crippen LogP contribution in [-0.2, 0) is 28.5 Å². The highest BCUT2D eigenvalue weighted by Crippen LogP contribution is 2.28. The quantitative estimate of drug-likeness (QED) is 0.224. The Morgan fingerprint density at radius 2 is 1.45 bits per heavy atom. The summed E-state index contributed by atoms with van der Waals surface area (Å²) in [5.41, 5.74) is 0. The molecular formula is C30H54O8. The number of esters is 2. The Kier molecular flexibility index (Phi) is 17.2. The average Bonchev–Trinajstić information content (AvgIpc) is 2.89. The largest absolute Gasteiger partial charge is 0.463 e. The standard InChI is InChI=1S/C30H54O8/c1-3-4-5-6-7-8-9-10-11-13-16-19-24-20-17-14-12-15-18-21-26(32)35-22-25-27(33)29(36-23(2)31)28(34)30(37-24)38-25/h24-25,27-30,33-34H,3-22H2,1-2H3. The highest BCUT2D eigenvalue weighted by atomic mass is 16.7. The van der Waals surface area contributed by atoms with Crippen LogP contribution >= 0.6 is 0 Å². The first-order valence-corrected chi connectivity index (χ1v) is 15.4. The van der Waals surface area contributed by atoms with Crippen LogP contribution in [0.1, 0.15) is 136 Å². The lowest BCUT2D eigenvalue weighted by atomic mass is 9.98. The summed E-state index contributed by atoms with van der Waals surface area (Å²) in [7, 11) is 0. The smallest absolute Gasteiger partial charge is 0.305 e. The van der Waals surface area contributed by atoms with Crippen LogP contribution in [0.2, 0.25) is 0 Å². The number of cyclic esters (lactones) is 1. The Morgan fingerprint density at radius 3 is 2.11 bits per heavy atom. The molecule has 6 atom stereocenters. The second-order valence-corrected chi connectivity index (χ2v) is 11.2. The monoisotopic (exact) mass is 542 g/mol. The predicted molar refractivity (Wildman–Crippen MR) is 145 cm³/mol. The van der Waals surface area contributed by atoms with E-state index in [-0.39, 0.29) is 18.7 Å². The Labute approximate surface area is 230 Å². The summed E-state index contributed by atoms with van der Waals surface area (Å²) in [5.74, 6) is -0.967. The summed E-state index contributed by atoms with van der Waals surface area (Å²) in [4.78, 5) is 23.8. The van der Waals surface area contributed by atoms with Crippen LogP contribution in [0.5, 0.6) is 0 Å². The number of ether oxygens (including phenoxy) is 4. The van der Waals surface area contributed by atoms with Crippen molar-refractivity contribution in [2.75, 3.05) is 6.61 Å². The number of aliphatic hydroxyl groups is 2. The minimum absolute atomic E-state index is 0.102. The number of carbonyl (C=O) groups excluding carboxylic acids is 2. The Hall–Kier alpha value is -1.22. The fraction of sp³-hybridized carbons (Fsp3) is 0.933. The van der Waals surface area contributed by atoms with E-state index in [0.29, 0.717) is 6.42 Å². The summed E-state index contributed by atoms with van der Waals surface area (Å²) in [6, 6.07) is 0. The normalized spacial score (nSPS) is 29.6. The summed E-state index contributed by atoms with van der Waals surface area (Å²) < 4.78 is 22.7. The molecule has 0 aromatic heterocycles. The van der Waals surface area contributed by atoms with E-state index in [2.05, 4.69) is 6.92 Å². The van der Waals surface area contributed by atoms with Gasteiger partial charge in [0.25, 0.3) is 0 Å². The van der Waals surface area contributed by atoms with Crippen LogP contribution in [-0.4, -0.2) is 65.6 Å². The molecule has 2 aliphatic rings. The fourth-order valence-electron chi connectivity index (χ4n) is 5.41. The zero-order chi connectivity index (χ0) is 27.6. The van der Waals surface area contributed by atoms with Crippen LogP contribution < -0.4 is 0 Å². The highest BCUT2D eigenvalue weighted by molar-refractivity contribution is 5.69. The van der Waals surface area contributed by atoms with Crippen molar-refractivity contribution >= 4 is 11.9 Å². The van der Waals surface area contributed by atoms with Gasteiger partial charge in [0.05, 0.1) is 6.10 Å². The van der Waals surface area contributed by atoms with Gasteiger partial charge in [-0.3, -0.25) is 9.59 Å². The van der Waals surface area contributed by atoms with Crippen LogP contribution in [0.25, 0.3) is 0 Å². The molecule has 2 heterocycles. The molecule has 2 bridgehead atoms. The minimum Gasteiger partial charge on any atom is -0.463 e. The fourth-order valence-corrected chi connectivity index (χ4v) is 5.41. The van der Waals surface area contributed by atoms with E-state index in [9.17, 15) is 19.8 Å². The van der Waals surface area contributed by atoms with Crippen LogP contribution in [0, 0.1) is 0 Å². The second-order valence-electron chi connectivity index (χ2n) is 11.2. The third-order valence-corrected chi connectivity index (χ3v) is 7.72. The Balaban J connectivity index is 1.89. The van der Waals surface area contributed by atoms with Gasteiger partial charge in [0, 0.05) is 13.3 Å². The first-order valence-electron chi connectivity index (χ1n) is 15.4. The maximum absolute atomic E-state index is 12.1. The van der Waals surface area contributed by atoms with Crippen LogP contribution in [0.3, 0.4) is 0 Å². The van der Waals surface area contributed by atoms with E-state index in [1.807, 2.05) is 0 Å². The van der Waals surface area contributed by atoms with Gasteiger partial charge in [0.1, 0.15) is 24.9 Å². The summed E-state index contributed by atoms with van der Waals surface area (Å²) in [5, 5.41) is 21.6. The number of hydrogen-bond acceptors (Lipinski definition) is 8. The molecule has 0 saturated carbocycles. The molecule has 2 N–H and O–H groups in total. The molecule has 0 aliphatic carbocycles. The van der Waals surface area contributed by atoms with Gasteiger partial charge < -0.3 is 29.2 Å². The van der Waals surface area contributed by atoms with Crippen molar-refractivity contribution in [3.8, 4) is 0 Å². The molecule has 0 spiro atoms. The molecule has 2 fully saturated rings. The van der Waals surface area contributed by atoms with Gasteiger partial charge in [-0.1, -0.05) is 103 Å². The van der Waals surface area contributed by atoms with E-state index in [4.69, 9.17) is 18.9 Å². The van der Waals surface area contributed by atoms with Gasteiger partial charge in [-0.25, -0.2) is 0 Å². The molecule has 222 valence electrons. The first-order chi connectivity index (χ1) is 18.4. The zero-order valence-electron chi connectivity index (χ0n) is 24.0. The number of carbonyl (C=O) groups is 2. The number of fused-ring (bicyclic) bond motifs is 2. The third-order valence-electron chi connectivity index (χ3n) is 7.72. The van der Waals surface area contributed by atoms with E-state index >= 15 is 0 Å². The number of unbranched alkanes of at least 4 members (excludes halogenated alkanes) is 10. The molecule has 8 heteroatoms. The lowest BCUT2D eigenvalue weighted by molar-refractivity contribution is -0.314. The maximum atomic E-state index is 12.1. The lowest BCUT2D eigenvalue weighted by Crippen LogP contribution is -2.61. The van der Waals surface area contributed by atoms with E-state index in [0.717, 1.165) is 57.8 Å². The van der Waals surface area contributed by atoms with Crippen molar-refractivity contribution in [2.24, 2.45) is 0 Å². The van der Waals surface area contributed by atoms with E-state index in [1.165, 1.54) is 64.7 Å². The van der Waals surface area contributed by atoms with Crippen molar-refractivity contribution in [1.82, 2.24) is 0 Å². The molecule has 2 aliphatic heterocycles. The third kappa shape index (κ3) is 13.2. The topological polar surface area (TPSA) is 112 Å². The molecule has 2 saturated heterocycles. The van der Waals surface area contributed by atoms with E-state index < -0.39 is 36.7 Å². The van der Waals surface area contributed by atoms with Crippen molar-refractivity contribution in [2.45, 2.75) is 173 Å². The van der Waals surface area contributed by atoms with Crippen molar-refractivity contribution < 1.29 is 38.7 Å². The predicted octanol–water partition coefficient (Wildman–Crippen LogP) is 5.74. The van der Waals surface area contributed by atoms with Gasteiger partial charge in [-0.05, 0) is 19.3 Å². The number of rotatable bonds is 13. The number of hydrogen-bond donors (Lipinski definition) is 2. The van der Waals surface area contributed by atoms with Gasteiger partial charge in [0.15, 0.2) is 12.4 Å². The van der Waals surface area contributed by atoms with E-state index in [1.54, 1.807) is 0 Å². The highest BCUT2D eigenvalue weighted by Gasteiger charge is 2.48. The minimum atomic E-state index is -1.34. The van der Waals surface area contributed by atoms with Crippen molar-refractivity contribution in [3.63, 3.8) is 0 Å². The van der Waals surface area contributed by atoms with Crippen LogP contribution in [0.15, 0.2) is 0 Å². The molecule has 38 heavy (non-hydrogen) atoms. The molecule has 0 aromatic carbocycles. The summed E-state index contributed by atoms with van der Waals surface area (Å²) >= 11 is 0.